The van der Waals surface area contributed by atoms with Crippen molar-refractivity contribution in [2.45, 2.75) is 91.6 Å². The van der Waals surface area contributed by atoms with Gasteiger partial charge in [-0.3, -0.25) is 4.79 Å². The third-order valence-corrected chi connectivity index (χ3v) is 6.98. The Morgan fingerprint density at radius 3 is 2.21 bits per heavy atom. The fourth-order valence-corrected chi connectivity index (χ4v) is 4.27. The summed E-state index contributed by atoms with van der Waals surface area (Å²) >= 11 is 0. The van der Waals surface area contributed by atoms with E-state index in [1.54, 1.807) is 12.1 Å². The number of rotatable bonds is 15. The zero-order valence-corrected chi connectivity index (χ0v) is 21.9. The van der Waals surface area contributed by atoms with Crippen molar-refractivity contribution >= 4 is 5.91 Å². The van der Waals surface area contributed by atoms with Gasteiger partial charge in [0, 0.05) is 6.04 Å². The SMILES string of the molecule is CCCC[C@H](C)CN[C@@H](Cc1ccc(O)cc1)C(=O)N[C@H](CCc1ccc(C)cc1)C(C)CC. The second-order valence-electron chi connectivity index (χ2n) is 10.1. The molecule has 3 N–H and O–H groups in total. The number of hydrogen-bond donors (Lipinski definition) is 3. The highest BCUT2D eigenvalue weighted by Crippen LogP contribution is 2.17. The molecule has 34 heavy (non-hydrogen) atoms. The molecular weight excluding hydrogens is 420 g/mol. The molecule has 1 amide bonds. The molecule has 4 atom stereocenters. The lowest BCUT2D eigenvalue weighted by Gasteiger charge is -2.28. The van der Waals surface area contributed by atoms with Gasteiger partial charge in [0.15, 0.2) is 0 Å². The molecule has 0 spiro atoms. The van der Waals surface area contributed by atoms with Crippen molar-refractivity contribution in [1.82, 2.24) is 10.6 Å². The lowest BCUT2D eigenvalue weighted by molar-refractivity contribution is -0.124. The van der Waals surface area contributed by atoms with E-state index in [0.717, 1.165) is 31.4 Å². The van der Waals surface area contributed by atoms with E-state index in [2.05, 4.69) is 69.5 Å². The minimum absolute atomic E-state index is 0.0740. The summed E-state index contributed by atoms with van der Waals surface area (Å²) in [4.78, 5) is 13.5. The van der Waals surface area contributed by atoms with Crippen LogP contribution in [0.3, 0.4) is 0 Å². The zero-order valence-electron chi connectivity index (χ0n) is 21.9. The van der Waals surface area contributed by atoms with Crippen LogP contribution in [0.5, 0.6) is 5.75 Å². The van der Waals surface area contributed by atoms with Crippen LogP contribution in [0.2, 0.25) is 0 Å². The number of nitrogens with one attached hydrogen (secondary N) is 2. The van der Waals surface area contributed by atoms with Gasteiger partial charge in [-0.05, 0) is 74.2 Å². The molecule has 0 fully saturated rings. The summed E-state index contributed by atoms with van der Waals surface area (Å²) < 4.78 is 0. The second-order valence-corrected chi connectivity index (χ2v) is 10.1. The van der Waals surface area contributed by atoms with Crippen LogP contribution in [0.15, 0.2) is 48.5 Å². The molecule has 0 aliphatic rings. The molecule has 4 nitrogen and oxygen atoms in total. The van der Waals surface area contributed by atoms with E-state index in [1.807, 2.05) is 12.1 Å². The van der Waals surface area contributed by atoms with Crippen LogP contribution in [-0.4, -0.2) is 29.6 Å². The molecule has 0 bridgehead atoms. The molecular formula is C30H46N2O2. The fraction of sp³-hybridized carbons (Fsp3) is 0.567. The van der Waals surface area contributed by atoms with Gasteiger partial charge < -0.3 is 15.7 Å². The highest BCUT2D eigenvalue weighted by Gasteiger charge is 2.24. The lowest BCUT2D eigenvalue weighted by Crippen LogP contribution is -2.51. The van der Waals surface area contributed by atoms with Crippen molar-refractivity contribution in [3.8, 4) is 5.75 Å². The van der Waals surface area contributed by atoms with E-state index in [4.69, 9.17) is 0 Å². The number of unbranched alkanes of at least 4 members (excludes halogenated alkanes) is 1. The molecule has 0 aliphatic heterocycles. The molecule has 0 saturated heterocycles. The number of carbonyl (C=O) groups is 1. The van der Waals surface area contributed by atoms with Crippen LogP contribution >= 0.6 is 0 Å². The predicted molar refractivity (Wildman–Crippen MR) is 143 cm³/mol. The molecule has 4 heteroatoms. The summed E-state index contributed by atoms with van der Waals surface area (Å²) in [6.07, 6.45) is 7.11. The number of phenolic OH excluding ortho intramolecular Hbond substituents is 1. The van der Waals surface area contributed by atoms with Crippen molar-refractivity contribution in [2.24, 2.45) is 11.8 Å². The topological polar surface area (TPSA) is 61.4 Å². The first-order valence-corrected chi connectivity index (χ1v) is 13.2. The number of phenols is 1. The van der Waals surface area contributed by atoms with Crippen LogP contribution in [0.1, 0.15) is 76.5 Å². The number of amides is 1. The van der Waals surface area contributed by atoms with Gasteiger partial charge >= 0.3 is 0 Å². The van der Waals surface area contributed by atoms with Gasteiger partial charge in [-0.2, -0.15) is 0 Å². The Balaban J connectivity index is 2.07. The highest BCUT2D eigenvalue weighted by molar-refractivity contribution is 5.82. The number of aromatic hydroxyl groups is 1. The summed E-state index contributed by atoms with van der Waals surface area (Å²) in [5, 5.41) is 16.6. The summed E-state index contributed by atoms with van der Waals surface area (Å²) in [5.74, 6) is 1.26. The van der Waals surface area contributed by atoms with Crippen molar-refractivity contribution in [3.05, 3.63) is 65.2 Å². The molecule has 2 rings (SSSR count). The minimum atomic E-state index is -0.292. The first kappa shape index (κ1) is 27.9. The third-order valence-electron chi connectivity index (χ3n) is 6.98. The maximum Gasteiger partial charge on any atom is 0.237 e. The van der Waals surface area contributed by atoms with Crippen LogP contribution in [0.25, 0.3) is 0 Å². The second kappa shape index (κ2) is 14.8. The van der Waals surface area contributed by atoms with Crippen LogP contribution in [0, 0.1) is 18.8 Å². The normalized spacial score (nSPS) is 14.9. The maximum atomic E-state index is 13.5. The van der Waals surface area contributed by atoms with E-state index in [9.17, 15) is 9.90 Å². The largest absolute Gasteiger partial charge is 0.508 e. The maximum absolute atomic E-state index is 13.5. The third kappa shape index (κ3) is 9.89. The lowest BCUT2D eigenvalue weighted by atomic mass is 9.92. The average molecular weight is 467 g/mol. The quantitative estimate of drug-likeness (QED) is 0.293. The van der Waals surface area contributed by atoms with Gasteiger partial charge in [0.05, 0.1) is 6.04 Å². The van der Waals surface area contributed by atoms with E-state index in [1.165, 1.54) is 30.4 Å². The average Bonchev–Trinajstić information content (AvgIpc) is 2.84. The Bertz CT molecular complexity index is 832. The Labute approximate surface area is 207 Å². The Morgan fingerprint density at radius 2 is 1.59 bits per heavy atom. The molecule has 0 heterocycles. The summed E-state index contributed by atoms with van der Waals surface area (Å²) in [6.45, 7) is 11.8. The highest BCUT2D eigenvalue weighted by atomic mass is 16.3. The van der Waals surface area contributed by atoms with E-state index in [0.29, 0.717) is 18.3 Å². The molecule has 0 aliphatic carbocycles. The van der Waals surface area contributed by atoms with Gasteiger partial charge in [0.1, 0.15) is 5.75 Å². The minimum Gasteiger partial charge on any atom is -0.508 e. The summed E-state index contributed by atoms with van der Waals surface area (Å²) in [7, 11) is 0. The molecule has 0 saturated carbocycles. The first-order valence-electron chi connectivity index (χ1n) is 13.2. The number of benzene rings is 2. The van der Waals surface area contributed by atoms with Crippen molar-refractivity contribution in [1.29, 1.82) is 0 Å². The summed E-state index contributed by atoms with van der Waals surface area (Å²) in [6, 6.07) is 15.7. The predicted octanol–water partition coefficient (Wildman–Crippen LogP) is 6.19. The standard InChI is InChI=1S/C30H46N2O2/c1-6-8-9-23(4)21-31-29(20-26-14-17-27(33)18-15-26)30(34)32-28(24(5)7-2)19-16-25-12-10-22(3)11-13-25/h10-15,17-18,23-24,28-29,31,33H,6-9,16,19-21H2,1-5H3,(H,32,34)/t23-,24?,28+,29-/m0/s1. The Hall–Kier alpha value is -2.33. The van der Waals surface area contributed by atoms with Crippen LogP contribution in [0.4, 0.5) is 0 Å². The Morgan fingerprint density at radius 1 is 0.941 bits per heavy atom. The smallest absolute Gasteiger partial charge is 0.237 e. The van der Waals surface area contributed by atoms with Crippen LogP contribution in [-0.2, 0) is 17.6 Å². The molecule has 1 unspecified atom stereocenters. The molecule has 2 aromatic rings. The zero-order chi connectivity index (χ0) is 24.9. The van der Waals surface area contributed by atoms with E-state index >= 15 is 0 Å². The number of hydrogen-bond acceptors (Lipinski definition) is 3. The van der Waals surface area contributed by atoms with Crippen LogP contribution < -0.4 is 10.6 Å². The summed E-state index contributed by atoms with van der Waals surface area (Å²) in [5.41, 5.74) is 3.63. The van der Waals surface area contributed by atoms with Crippen molar-refractivity contribution < 1.29 is 9.90 Å². The molecule has 188 valence electrons. The molecule has 0 radical (unpaired) electrons. The van der Waals surface area contributed by atoms with Gasteiger partial charge in [-0.15, -0.1) is 0 Å². The van der Waals surface area contributed by atoms with Crippen molar-refractivity contribution in [3.63, 3.8) is 0 Å². The Kier molecular flexibility index (Phi) is 12.2. The van der Waals surface area contributed by atoms with Gasteiger partial charge in [0.25, 0.3) is 0 Å². The van der Waals surface area contributed by atoms with Gasteiger partial charge in [-0.1, -0.05) is 88.9 Å². The first-order chi connectivity index (χ1) is 16.3. The fourth-order valence-electron chi connectivity index (χ4n) is 4.27. The van der Waals surface area contributed by atoms with E-state index in [-0.39, 0.29) is 23.7 Å². The number of carbonyl (C=O) groups excluding carboxylic acids is 1. The number of aryl methyl sites for hydroxylation is 2. The molecule has 0 aromatic heterocycles. The van der Waals surface area contributed by atoms with Crippen molar-refractivity contribution in [2.75, 3.05) is 6.54 Å². The molecule has 2 aromatic carbocycles. The van der Waals surface area contributed by atoms with Gasteiger partial charge in [-0.25, -0.2) is 0 Å². The van der Waals surface area contributed by atoms with Gasteiger partial charge in [0.2, 0.25) is 5.91 Å². The van der Waals surface area contributed by atoms with E-state index < -0.39 is 0 Å². The monoisotopic (exact) mass is 466 g/mol.